The molecule has 0 aliphatic rings. The van der Waals surface area contributed by atoms with Gasteiger partial charge in [0.2, 0.25) is 0 Å². The first-order chi connectivity index (χ1) is 10.0. The van der Waals surface area contributed by atoms with Crippen LogP contribution in [0.2, 0.25) is 5.02 Å². The molecule has 0 aliphatic carbocycles. The van der Waals surface area contributed by atoms with Gasteiger partial charge < -0.3 is 15.2 Å². The summed E-state index contributed by atoms with van der Waals surface area (Å²) in [5.41, 5.74) is 1.44. The van der Waals surface area contributed by atoms with Gasteiger partial charge in [0.15, 0.2) is 0 Å². The van der Waals surface area contributed by atoms with E-state index < -0.39 is 5.97 Å². The minimum Gasteiger partial charge on any atom is -0.495 e. The lowest BCUT2D eigenvalue weighted by molar-refractivity contribution is 0.0698. The number of hydrogen-bond acceptors (Lipinski definition) is 4. The van der Waals surface area contributed by atoms with Gasteiger partial charge in [-0.25, -0.2) is 4.79 Å². The van der Waals surface area contributed by atoms with E-state index in [1.165, 1.54) is 13.2 Å². The van der Waals surface area contributed by atoms with E-state index in [4.69, 9.17) is 21.6 Å². The summed E-state index contributed by atoms with van der Waals surface area (Å²) in [6.45, 7) is 0. The zero-order valence-corrected chi connectivity index (χ0v) is 11.8. The van der Waals surface area contributed by atoms with Crippen molar-refractivity contribution in [2.24, 2.45) is 0 Å². The fourth-order valence-corrected chi connectivity index (χ4v) is 1.98. The van der Waals surface area contributed by atoms with E-state index in [9.17, 15) is 9.90 Å². The van der Waals surface area contributed by atoms with Gasteiger partial charge in [0.05, 0.1) is 35.7 Å². The molecular weight excluding hydrogens is 292 g/mol. The van der Waals surface area contributed by atoms with Crippen LogP contribution >= 0.6 is 11.6 Å². The Bertz CT molecular complexity index is 738. The van der Waals surface area contributed by atoms with Crippen molar-refractivity contribution in [1.82, 2.24) is 0 Å². The van der Waals surface area contributed by atoms with E-state index in [1.807, 2.05) is 6.07 Å². The summed E-state index contributed by atoms with van der Waals surface area (Å²) >= 11 is 5.81. The molecule has 0 aliphatic heterocycles. The molecule has 21 heavy (non-hydrogen) atoms. The quantitative estimate of drug-likeness (QED) is 0.900. The molecule has 2 N–H and O–H groups in total. The summed E-state index contributed by atoms with van der Waals surface area (Å²) < 4.78 is 5.20. The Labute approximate surface area is 126 Å². The Balaban J connectivity index is 2.43. The van der Waals surface area contributed by atoms with Crippen molar-refractivity contribution in [3.63, 3.8) is 0 Å². The molecular formula is C15H11ClN2O3. The maximum Gasteiger partial charge on any atom is 0.337 e. The summed E-state index contributed by atoms with van der Waals surface area (Å²) in [6.07, 6.45) is 0. The molecule has 106 valence electrons. The van der Waals surface area contributed by atoms with Gasteiger partial charge in [0.25, 0.3) is 0 Å². The zero-order valence-electron chi connectivity index (χ0n) is 11.1. The number of rotatable bonds is 4. The maximum absolute atomic E-state index is 11.2. The van der Waals surface area contributed by atoms with Gasteiger partial charge >= 0.3 is 5.97 Å². The Morgan fingerprint density at radius 3 is 2.62 bits per heavy atom. The fraction of sp³-hybridized carbons (Fsp3) is 0.0667. The SMILES string of the molecule is COc1cc(C#N)ccc1Nc1ccc(Cl)cc1C(=O)O. The Morgan fingerprint density at radius 1 is 1.29 bits per heavy atom. The first-order valence-electron chi connectivity index (χ1n) is 5.93. The molecule has 0 fully saturated rings. The van der Waals surface area contributed by atoms with Crippen molar-refractivity contribution in [2.45, 2.75) is 0 Å². The second kappa shape index (κ2) is 6.16. The van der Waals surface area contributed by atoms with Crippen LogP contribution in [0.3, 0.4) is 0 Å². The van der Waals surface area contributed by atoms with Crippen LogP contribution in [0, 0.1) is 11.3 Å². The molecule has 5 nitrogen and oxygen atoms in total. The van der Waals surface area contributed by atoms with E-state index in [0.717, 1.165) is 0 Å². The number of nitrogens with one attached hydrogen (secondary N) is 1. The van der Waals surface area contributed by atoms with Crippen molar-refractivity contribution in [3.8, 4) is 11.8 Å². The summed E-state index contributed by atoms with van der Waals surface area (Å²) in [5, 5.41) is 21.4. The van der Waals surface area contributed by atoms with Crippen LogP contribution in [0.4, 0.5) is 11.4 Å². The largest absolute Gasteiger partial charge is 0.495 e. The highest BCUT2D eigenvalue weighted by Crippen LogP contribution is 2.31. The van der Waals surface area contributed by atoms with Gasteiger partial charge in [-0.2, -0.15) is 5.26 Å². The summed E-state index contributed by atoms with van der Waals surface area (Å²) in [7, 11) is 1.47. The molecule has 0 heterocycles. The normalized spacial score (nSPS) is 9.76. The molecule has 2 aromatic rings. The number of methoxy groups -OCH3 is 1. The first kappa shape index (κ1) is 14.7. The number of anilines is 2. The smallest absolute Gasteiger partial charge is 0.337 e. The van der Waals surface area contributed by atoms with Crippen molar-refractivity contribution in [2.75, 3.05) is 12.4 Å². The molecule has 0 aromatic heterocycles. The number of benzene rings is 2. The molecule has 2 aromatic carbocycles. The third-order valence-electron chi connectivity index (χ3n) is 2.81. The molecule has 0 spiro atoms. The van der Waals surface area contributed by atoms with E-state index >= 15 is 0 Å². The van der Waals surface area contributed by atoms with Crippen LogP contribution < -0.4 is 10.1 Å². The number of hydrogen-bond donors (Lipinski definition) is 2. The molecule has 0 saturated carbocycles. The van der Waals surface area contributed by atoms with Gasteiger partial charge in [-0.3, -0.25) is 0 Å². The summed E-state index contributed by atoms with van der Waals surface area (Å²) in [6, 6.07) is 11.4. The highest BCUT2D eigenvalue weighted by molar-refractivity contribution is 6.31. The standard InChI is InChI=1S/C15H11ClN2O3/c1-21-14-6-9(8-17)2-4-13(14)18-12-5-3-10(16)7-11(12)15(19)20/h2-7,18H,1H3,(H,19,20). The van der Waals surface area contributed by atoms with E-state index in [1.54, 1.807) is 30.3 Å². The Kier molecular flexibility index (Phi) is 4.31. The Hall–Kier alpha value is -2.71. The highest BCUT2D eigenvalue weighted by Gasteiger charge is 2.13. The molecule has 0 atom stereocenters. The number of carboxylic acids is 1. The second-order valence-corrected chi connectivity index (χ2v) is 4.58. The molecule has 6 heteroatoms. The average Bonchev–Trinajstić information content (AvgIpc) is 2.49. The van der Waals surface area contributed by atoms with Crippen LogP contribution in [-0.4, -0.2) is 18.2 Å². The zero-order chi connectivity index (χ0) is 15.4. The number of aromatic carboxylic acids is 1. The van der Waals surface area contributed by atoms with Crippen molar-refractivity contribution >= 4 is 28.9 Å². The van der Waals surface area contributed by atoms with Crippen molar-refractivity contribution < 1.29 is 14.6 Å². The lowest BCUT2D eigenvalue weighted by Gasteiger charge is -2.13. The van der Waals surface area contributed by atoms with Crippen LogP contribution in [0.25, 0.3) is 0 Å². The number of nitrogens with zero attached hydrogens (tertiary/aromatic N) is 1. The fourth-order valence-electron chi connectivity index (χ4n) is 1.81. The summed E-state index contributed by atoms with van der Waals surface area (Å²) in [4.78, 5) is 11.2. The minimum absolute atomic E-state index is 0.0499. The molecule has 0 saturated heterocycles. The molecule has 2 rings (SSSR count). The first-order valence-corrected chi connectivity index (χ1v) is 6.31. The molecule has 0 unspecified atom stereocenters. The lowest BCUT2D eigenvalue weighted by Crippen LogP contribution is -2.03. The maximum atomic E-state index is 11.2. The Morgan fingerprint density at radius 2 is 2.00 bits per heavy atom. The van der Waals surface area contributed by atoms with Gasteiger partial charge in [-0.15, -0.1) is 0 Å². The molecule has 0 amide bonds. The molecule has 0 bridgehead atoms. The van der Waals surface area contributed by atoms with Crippen LogP contribution in [0.5, 0.6) is 5.75 Å². The number of halogens is 1. The van der Waals surface area contributed by atoms with Crippen molar-refractivity contribution in [3.05, 3.63) is 52.5 Å². The van der Waals surface area contributed by atoms with Crippen LogP contribution in [-0.2, 0) is 0 Å². The van der Waals surface area contributed by atoms with Crippen molar-refractivity contribution in [1.29, 1.82) is 5.26 Å². The van der Waals surface area contributed by atoms with Gasteiger partial charge in [-0.05, 0) is 30.3 Å². The third kappa shape index (κ3) is 3.25. The van der Waals surface area contributed by atoms with Gasteiger partial charge in [0.1, 0.15) is 5.75 Å². The van der Waals surface area contributed by atoms with Crippen LogP contribution in [0.1, 0.15) is 15.9 Å². The van der Waals surface area contributed by atoms with Crippen LogP contribution in [0.15, 0.2) is 36.4 Å². The molecule has 0 radical (unpaired) electrons. The lowest BCUT2D eigenvalue weighted by atomic mass is 10.1. The number of nitriles is 1. The average molecular weight is 303 g/mol. The van der Waals surface area contributed by atoms with E-state index in [0.29, 0.717) is 27.7 Å². The monoisotopic (exact) mass is 302 g/mol. The number of ether oxygens (including phenoxy) is 1. The van der Waals surface area contributed by atoms with Gasteiger partial charge in [-0.1, -0.05) is 11.6 Å². The topological polar surface area (TPSA) is 82.3 Å². The van der Waals surface area contributed by atoms with E-state index in [2.05, 4.69) is 5.32 Å². The predicted molar refractivity (Wildman–Crippen MR) is 79.4 cm³/mol. The highest BCUT2D eigenvalue weighted by atomic mass is 35.5. The summed E-state index contributed by atoms with van der Waals surface area (Å²) in [5.74, 6) is -0.645. The van der Waals surface area contributed by atoms with Gasteiger partial charge in [0, 0.05) is 11.1 Å². The number of carbonyl (C=O) groups is 1. The number of carboxylic acid groups (broad SMARTS) is 1. The predicted octanol–water partition coefficient (Wildman–Crippen LogP) is 3.66. The minimum atomic E-state index is -1.09. The van der Waals surface area contributed by atoms with E-state index in [-0.39, 0.29) is 5.56 Å². The third-order valence-corrected chi connectivity index (χ3v) is 3.05. The second-order valence-electron chi connectivity index (χ2n) is 4.15.